The molecule has 0 unspecified atom stereocenters. The summed E-state index contributed by atoms with van der Waals surface area (Å²) in [7, 11) is 8.41. The van der Waals surface area contributed by atoms with Crippen molar-refractivity contribution in [2.24, 2.45) is 26.4 Å². The van der Waals surface area contributed by atoms with Gasteiger partial charge < -0.3 is 26.0 Å². The molecule has 0 aromatic heterocycles. The van der Waals surface area contributed by atoms with E-state index in [1.807, 2.05) is 74.5 Å². The Hall–Kier alpha value is -4.77. The summed E-state index contributed by atoms with van der Waals surface area (Å²) < 4.78 is 50.5. The van der Waals surface area contributed by atoms with Crippen molar-refractivity contribution in [2.75, 3.05) is 86.0 Å². The zero-order chi connectivity index (χ0) is 57.8. The minimum absolute atomic E-state index is 0.00611. The standard InChI is InChI=1S/C15H19BN2O3.C14H20N2O2.C8H15BN2O.C7H13BN2O.C7H16N2.C2H5B2O3/c1-15(17-12-16-20)7-9-18(10-8-15)14(19)21-11-13-5-3-2-4-6-13;1-14(15)7-9-16(10-8-14)13(17)18-11-12-5-3-2-4-6-12;1-8(10-7-9-12)3-5-11(2)6-4-8;1-7(10-6-8-11)2-4-9-5-3-7;1-7(8)3-5-9(2)6-4-7;1-3-7-6-2-4-5/h2-6,12H,7-11H2,1H3;2-6H,7-11,15H2,1H3;7H,3-6H2,1-2H3;6,9H,2-5H2,1H3;3-6,8H2,1-2H3;2H2,1H3. The number of aliphatic imine (C=N–C) groups is 3. The Morgan fingerprint density at radius 3 is 1.23 bits per heavy atom. The van der Waals surface area contributed by atoms with Gasteiger partial charge >= 0.3 is 307 Å². The number of likely N-dealkylation sites (tertiary alicyclic amines) is 4. The molecule has 1 radical (unpaired) electrons. The normalized spacial score (nSPS) is 19.9. The van der Waals surface area contributed by atoms with Gasteiger partial charge in [-0.25, -0.2) is 4.79 Å². The molecular formula is C53H88B5N10O10. The number of carbonyl (C=O) groups excluding carboxylic acids is 2. The van der Waals surface area contributed by atoms with Crippen molar-refractivity contribution in [1.29, 1.82) is 0 Å². The third-order valence-electron chi connectivity index (χ3n) is 14.2. The van der Waals surface area contributed by atoms with Crippen LogP contribution in [-0.4, -0.2) is 200 Å². The molecule has 5 aliphatic heterocycles. The number of nitrogens with zero attached hydrogens (tertiary/aromatic N) is 7. The number of amides is 2. The van der Waals surface area contributed by atoms with Crippen molar-refractivity contribution in [3.63, 3.8) is 0 Å². The maximum absolute atomic E-state index is 12.0. The molecule has 2 amide bonds. The van der Waals surface area contributed by atoms with Gasteiger partial charge in [0.2, 0.25) is 0 Å². The van der Waals surface area contributed by atoms with Crippen molar-refractivity contribution < 1.29 is 47.6 Å². The van der Waals surface area contributed by atoms with E-state index < -0.39 is 0 Å². The molecule has 0 saturated carbocycles. The molecule has 0 aliphatic carbocycles. The first kappa shape index (κ1) is 69.3. The average molecular weight is 1080 g/mol. The van der Waals surface area contributed by atoms with Gasteiger partial charge in [0, 0.05) is 24.2 Å². The summed E-state index contributed by atoms with van der Waals surface area (Å²) in [6.45, 7) is 21.7. The second-order valence-corrected chi connectivity index (χ2v) is 21.7. The van der Waals surface area contributed by atoms with Crippen LogP contribution in [-0.2, 0) is 51.2 Å². The van der Waals surface area contributed by atoms with Gasteiger partial charge in [-0.15, -0.1) is 0 Å². The van der Waals surface area contributed by atoms with Gasteiger partial charge in [0.05, 0.1) is 0 Å². The zero-order valence-electron chi connectivity index (χ0n) is 48.0. The topological polar surface area (TPSA) is 253 Å². The van der Waals surface area contributed by atoms with Gasteiger partial charge in [0.25, 0.3) is 0 Å². The Labute approximate surface area is 468 Å². The van der Waals surface area contributed by atoms with Crippen molar-refractivity contribution >= 4 is 66.6 Å². The van der Waals surface area contributed by atoms with Gasteiger partial charge in [0.1, 0.15) is 6.61 Å². The number of hydrogen-bond donors (Lipinski definition) is 3. The fourth-order valence-corrected chi connectivity index (χ4v) is 8.34. The minimum atomic E-state index is -0.291. The van der Waals surface area contributed by atoms with Gasteiger partial charge in [-0.05, 0) is 65.2 Å². The molecule has 0 spiro atoms. The molecule has 425 valence electrons. The third kappa shape index (κ3) is 31.1. The third-order valence-corrected chi connectivity index (χ3v) is 14.2. The number of piperidine rings is 5. The quantitative estimate of drug-likeness (QED) is 0.0724. The molecule has 0 atom stereocenters. The summed E-state index contributed by atoms with van der Waals surface area (Å²) in [5.41, 5.74) is 13.7. The second-order valence-electron chi connectivity index (χ2n) is 21.7. The van der Waals surface area contributed by atoms with E-state index in [-0.39, 0.29) is 53.0 Å². The number of ether oxygens (including phenoxy) is 2. The first-order valence-corrected chi connectivity index (χ1v) is 27.2. The molecule has 2 aromatic carbocycles. The molecule has 25 heteroatoms. The van der Waals surface area contributed by atoms with Crippen LogP contribution in [0.1, 0.15) is 110 Å². The molecule has 78 heavy (non-hydrogen) atoms. The predicted octanol–water partition coefficient (Wildman–Crippen LogP) is 5.19. The van der Waals surface area contributed by atoms with Gasteiger partial charge in [-0.2, -0.15) is 0 Å². The van der Waals surface area contributed by atoms with E-state index in [2.05, 4.69) is 74.7 Å². The summed E-state index contributed by atoms with van der Waals surface area (Å²) in [5, 5.41) is 3.25. The summed E-state index contributed by atoms with van der Waals surface area (Å²) in [4.78, 5) is 53.0. The number of rotatable bonds is 14. The molecule has 5 saturated heterocycles. The molecule has 0 bridgehead atoms. The molecule has 20 nitrogen and oxygen atoms in total. The Morgan fingerprint density at radius 2 is 0.885 bits per heavy atom. The zero-order valence-corrected chi connectivity index (χ0v) is 48.0. The van der Waals surface area contributed by atoms with Crippen LogP contribution in [0.25, 0.3) is 0 Å². The SMILES string of the molecule is CC1(N)CCN(C(=O)OCc2ccccc2)CC1.CC1(N=CB=O)CCN(C(=O)OCc2ccccc2)CC1.CC1(N=CB=O)CCNCC1.CN1CCC(C)(N)CC1.CN1CCC(C)(N=CB=O)CC1.C[B]OOCB=O. The fraction of sp³-hybridized carbons (Fsp3) is 0.679. The molecule has 5 N–H and O–H groups in total. The van der Waals surface area contributed by atoms with E-state index in [1.54, 1.807) is 16.6 Å². The van der Waals surface area contributed by atoms with Crippen LogP contribution in [0.4, 0.5) is 9.59 Å². The van der Waals surface area contributed by atoms with Crippen molar-refractivity contribution in [3.05, 3.63) is 71.8 Å². The van der Waals surface area contributed by atoms with Crippen molar-refractivity contribution in [1.82, 2.24) is 24.9 Å². The van der Waals surface area contributed by atoms with E-state index in [4.69, 9.17) is 20.9 Å². The Morgan fingerprint density at radius 1 is 0.551 bits per heavy atom. The molecule has 5 heterocycles. The van der Waals surface area contributed by atoms with Gasteiger partial charge in [-0.1, -0.05) is 36.4 Å². The van der Waals surface area contributed by atoms with Crippen molar-refractivity contribution in [2.45, 2.75) is 147 Å². The number of hydrogen-bond acceptors (Lipinski definition) is 18. The summed E-state index contributed by atoms with van der Waals surface area (Å²) in [5.74, 6) is 0. The molecule has 5 aliphatic rings. The van der Waals surface area contributed by atoms with Crippen LogP contribution in [0.3, 0.4) is 0 Å². The van der Waals surface area contributed by atoms with Crippen LogP contribution in [0.2, 0.25) is 6.82 Å². The van der Waals surface area contributed by atoms with E-state index in [1.165, 1.54) is 25.8 Å². The number of benzene rings is 2. The maximum atomic E-state index is 12.0. The molecular weight excluding hydrogens is 991 g/mol. The van der Waals surface area contributed by atoms with E-state index >= 15 is 0 Å². The molecule has 5 fully saturated rings. The van der Waals surface area contributed by atoms with Crippen molar-refractivity contribution in [3.8, 4) is 0 Å². The first-order valence-electron chi connectivity index (χ1n) is 27.2. The molecule has 7 rings (SSSR count). The predicted molar refractivity (Wildman–Crippen MR) is 311 cm³/mol. The van der Waals surface area contributed by atoms with Gasteiger partial charge in [0.15, 0.2) is 0 Å². The van der Waals surface area contributed by atoms with Crippen LogP contribution in [0.15, 0.2) is 75.6 Å². The van der Waals surface area contributed by atoms with E-state index in [9.17, 15) is 28.4 Å². The van der Waals surface area contributed by atoms with Crippen LogP contribution >= 0.6 is 0 Å². The summed E-state index contributed by atoms with van der Waals surface area (Å²) in [6.07, 6.45) is 13.1. The van der Waals surface area contributed by atoms with Gasteiger partial charge in [-0.3, -0.25) is 0 Å². The first-order chi connectivity index (χ1) is 37.1. The monoisotopic (exact) mass is 1080 g/mol. The summed E-state index contributed by atoms with van der Waals surface area (Å²) >= 11 is 0. The molecule has 2 aromatic rings. The van der Waals surface area contributed by atoms with Crippen LogP contribution in [0.5, 0.6) is 0 Å². The van der Waals surface area contributed by atoms with Crippen LogP contribution in [0, 0.1) is 0 Å². The Kier molecular flexibility index (Phi) is 33.8. The van der Waals surface area contributed by atoms with E-state index in [0.29, 0.717) is 47.1 Å². The Balaban J connectivity index is 0.000000333. The van der Waals surface area contributed by atoms with Crippen LogP contribution < -0.4 is 16.8 Å². The fourth-order valence-electron chi connectivity index (χ4n) is 8.34. The summed E-state index contributed by atoms with van der Waals surface area (Å²) in [6, 6.07) is 19.3. The second kappa shape index (κ2) is 38.0. The number of carbonyl (C=O) groups is 2. The number of nitrogens with two attached hydrogens (primary N) is 2. The van der Waals surface area contributed by atoms with E-state index in [0.717, 1.165) is 129 Å². The average Bonchev–Trinajstić information content (AvgIpc) is 3.44. The Bertz CT molecular complexity index is 2090. The number of nitrogens with one attached hydrogen (secondary N) is 1.